The Labute approximate surface area is 127 Å². The number of hydrogen-bond donors (Lipinski definition) is 2. The molecule has 0 aliphatic heterocycles. The number of carbonyl (C=O) groups excluding carboxylic acids is 2. The van der Waals surface area contributed by atoms with E-state index in [-0.39, 0.29) is 35.4 Å². The Balaban J connectivity index is 2.98. The van der Waals surface area contributed by atoms with Crippen molar-refractivity contribution in [3.8, 4) is 0 Å². The number of carboxylic acids is 1. The molecule has 7 heteroatoms. The molecule has 0 aromatic heterocycles. The molecule has 0 fully saturated rings. The van der Waals surface area contributed by atoms with E-state index in [4.69, 9.17) is 16.7 Å². The Morgan fingerprint density at radius 1 is 1.33 bits per heavy atom. The lowest BCUT2D eigenvalue weighted by molar-refractivity contribution is -0.137. The summed E-state index contributed by atoms with van der Waals surface area (Å²) in [6, 6.07) is 4.59. The average Bonchev–Trinajstić information content (AvgIpc) is 2.40. The summed E-state index contributed by atoms with van der Waals surface area (Å²) in [7, 11) is 0. The number of aliphatic carboxylic acids is 1. The molecule has 1 aromatic carbocycles. The van der Waals surface area contributed by atoms with Gasteiger partial charge in [0.1, 0.15) is 0 Å². The molecule has 0 spiro atoms. The molecule has 0 radical (unpaired) electrons. The van der Waals surface area contributed by atoms with Gasteiger partial charge in [0.25, 0.3) is 5.91 Å². The fourth-order valence-corrected chi connectivity index (χ4v) is 1.97. The van der Waals surface area contributed by atoms with E-state index in [1.807, 2.05) is 0 Å². The molecule has 6 nitrogen and oxygen atoms in total. The number of nitrogens with one attached hydrogen (secondary N) is 1. The molecule has 0 bridgehead atoms. The Morgan fingerprint density at radius 3 is 2.52 bits per heavy atom. The van der Waals surface area contributed by atoms with Gasteiger partial charge in [-0.3, -0.25) is 14.4 Å². The van der Waals surface area contributed by atoms with Gasteiger partial charge in [-0.05, 0) is 25.1 Å². The Morgan fingerprint density at radius 2 is 2.00 bits per heavy atom. The minimum Gasteiger partial charge on any atom is -0.481 e. The molecular weight excluding hydrogens is 296 g/mol. The molecule has 2 N–H and O–H groups in total. The van der Waals surface area contributed by atoms with Crippen LogP contribution in [-0.2, 0) is 9.59 Å². The van der Waals surface area contributed by atoms with Gasteiger partial charge < -0.3 is 15.3 Å². The van der Waals surface area contributed by atoms with Crippen LogP contribution in [0.15, 0.2) is 18.2 Å². The first kappa shape index (κ1) is 17.0. The highest BCUT2D eigenvalue weighted by Gasteiger charge is 2.18. The largest absolute Gasteiger partial charge is 0.481 e. The zero-order chi connectivity index (χ0) is 16.0. The van der Waals surface area contributed by atoms with Crippen LogP contribution in [0, 0.1) is 0 Å². The number of carboxylic acid groups (broad SMARTS) is 1. The second kappa shape index (κ2) is 7.64. The number of hydrogen-bond acceptors (Lipinski definition) is 3. The number of rotatable bonds is 6. The second-order valence-electron chi connectivity index (χ2n) is 4.40. The van der Waals surface area contributed by atoms with Gasteiger partial charge in [0.2, 0.25) is 5.91 Å². The van der Waals surface area contributed by atoms with Crippen LogP contribution in [0.5, 0.6) is 0 Å². The molecule has 21 heavy (non-hydrogen) atoms. The fraction of sp³-hybridized carbons (Fsp3) is 0.357. The third-order valence-corrected chi connectivity index (χ3v) is 3.11. The summed E-state index contributed by atoms with van der Waals surface area (Å²) >= 11 is 6.01. The number of carbonyl (C=O) groups is 3. The van der Waals surface area contributed by atoms with Crippen LogP contribution in [0.25, 0.3) is 0 Å². The van der Waals surface area contributed by atoms with E-state index < -0.39 is 5.97 Å². The van der Waals surface area contributed by atoms with Crippen LogP contribution in [0.1, 0.15) is 30.6 Å². The van der Waals surface area contributed by atoms with Gasteiger partial charge in [0, 0.05) is 25.7 Å². The van der Waals surface area contributed by atoms with Gasteiger partial charge in [-0.2, -0.15) is 0 Å². The molecule has 0 aliphatic carbocycles. The van der Waals surface area contributed by atoms with Crippen molar-refractivity contribution < 1.29 is 19.5 Å². The summed E-state index contributed by atoms with van der Waals surface area (Å²) in [6.07, 6.45) is -0.136. The SMILES string of the molecule is CCN(CCC(=O)O)C(=O)c1cc(NC(C)=O)ccc1Cl. The smallest absolute Gasteiger partial charge is 0.305 e. The highest BCUT2D eigenvalue weighted by atomic mass is 35.5. The third-order valence-electron chi connectivity index (χ3n) is 2.78. The van der Waals surface area contributed by atoms with E-state index in [9.17, 15) is 14.4 Å². The topological polar surface area (TPSA) is 86.7 Å². The van der Waals surface area contributed by atoms with Gasteiger partial charge >= 0.3 is 5.97 Å². The summed E-state index contributed by atoms with van der Waals surface area (Å²) in [4.78, 5) is 35.4. The molecule has 0 unspecified atom stereocenters. The number of amides is 2. The number of nitrogens with zero attached hydrogens (tertiary/aromatic N) is 1. The molecule has 1 aromatic rings. The van der Waals surface area contributed by atoms with Crippen molar-refractivity contribution in [1.29, 1.82) is 0 Å². The van der Waals surface area contributed by atoms with E-state index in [0.717, 1.165) is 0 Å². The third kappa shape index (κ3) is 5.07. The first-order valence-corrected chi connectivity index (χ1v) is 6.81. The van der Waals surface area contributed by atoms with Crippen LogP contribution in [0.2, 0.25) is 5.02 Å². The van der Waals surface area contributed by atoms with Crippen molar-refractivity contribution >= 4 is 35.1 Å². The van der Waals surface area contributed by atoms with E-state index >= 15 is 0 Å². The van der Waals surface area contributed by atoms with E-state index in [2.05, 4.69) is 5.32 Å². The molecule has 0 heterocycles. The maximum atomic E-state index is 12.4. The highest BCUT2D eigenvalue weighted by Crippen LogP contribution is 2.22. The number of anilines is 1. The van der Waals surface area contributed by atoms with Gasteiger partial charge in [-0.1, -0.05) is 11.6 Å². The molecular formula is C14H17ClN2O4. The van der Waals surface area contributed by atoms with E-state index in [1.54, 1.807) is 13.0 Å². The van der Waals surface area contributed by atoms with Crippen molar-refractivity contribution in [1.82, 2.24) is 4.90 Å². The maximum absolute atomic E-state index is 12.4. The monoisotopic (exact) mass is 312 g/mol. The molecule has 114 valence electrons. The molecule has 2 amide bonds. The lowest BCUT2D eigenvalue weighted by Crippen LogP contribution is -2.33. The zero-order valence-electron chi connectivity index (χ0n) is 11.9. The van der Waals surface area contributed by atoms with Gasteiger partial charge in [-0.25, -0.2) is 0 Å². The summed E-state index contributed by atoms with van der Waals surface area (Å²) in [5, 5.41) is 11.5. The second-order valence-corrected chi connectivity index (χ2v) is 4.81. The van der Waals surface area contributed by atoms with Crippen molar-refractivity contribution in [2.75, 3.05) is 18.4 Å². The average molecular weight is 313 g/mol. The Hall–Kier alpha value is -2.08. The highest BCUT2D eigenvalue weighted by molar-refractivity contribution is 6.34. The lowest BCUT2D eigenvalue weighted by atomic mass is 10.1. The van der Waals surface area contributed by atoms with Crippen molar-refractivity contribution in [2.24, 2.45) is 0 Å². The minimum absolute atomic E-state index is 0.103. The predicted molar refractivity (Wildman–Crippen MR) is 79.6 cm³/mol. The maximum Gasteiger partial charge on any atom is 0.305 e. The standard InChI is InChI=1S/C14H17ClN2O4/c1-3-17(7-6-13(19)20)14(21)11-8-10(16-9(2)18)4-5-12(11)15/h4-5,8H,3,6-7H2,1-2H3,(H,16,18)(H,19,20). The number of halogens is 1. The van der Waals surface area contributed by atoms with Crippen LogP contribution in [0.3, 0.4) is 0 Å². The summed E-state index contributed by atoms with van der Waals surface area (Å²) in [6.45, 7) is 3.59. The van der Waals surface area contributed by atoms with Crippen LogP contribution < -0.4 is 5.32 Å². The van der Waals surface area contributed by atoms with Gasteiger partial charge in [-0.15, -0.1) is 0 Å². The zero-order valence-corrected chi connectivity index (χ0v) is 12.6. The van der Waals surface area contributed by atoms with Crippen LogP contribution >= 0.6 is 11.6 Å². The van der Waals surface area contributed by atoms with Crippen molar-refractivity contribution in [3.63, 3.8) is 0 Å². The predicted octanol–water partition coefficient (Wildman–Crippen LogP) is 2.24. The molecule has 0 atom stereocenters. The summed E-state index contributed by atoms with van der Waals surface area (Å²) in [5.74, 6) is -1.59. The van der Waals surface area contributed by atoms with Crippen LogP contribution in [0.4, 0.5) is 5.69 Å². The molecule has 0 saturated heterocycles. The molecule has 0 aliphatic rings. The minimum atomic E-state index is -0.973. The Bertz CT molecular complexity index is 560. The summed E-state index contributed by atoms with van der Waals surface area (Å²) in [5.41, 5.74) is 0.694. The van der Waals surface area contributed by atoms with Crippen molar-refractivity contribution in [3.05, 3.63) is 28.8 Å². The number of benzene rings is 1. The Kier molecular flexibility index (Phi) is 6.17. The first-order valence-electron chi connectivity index (χ1n) is 6.43. The molecule has 0 saturated carbocycles. The van der Waals surface area contributed by atoms with Gasteiger partial charge in [0.05, 0.1) is 17.0 Å². The molecule has 1 rings (SSSR count). The quantitative estimate of drug-likeness (QED) is 0.843. The van der Waals surface area contributed by atoms with Crippen molar-refractivity contribution in [2.45, 2.75) is 20.3 Å². The van der Waals surface area contributed by atoms with E-state index in [1.165, 1.54) is 24.0 Å². The lowest BCUT2D eigenvalue weighted by Gasteiger charge is -2.21. The van der Waals surface area contributed by atoms with E-state index in [0.29, 0.717) is 12.2 Å². The van der Waals surface area contributed by atoms with Gasteiger partial charge in [0.15, 0.2) is 0 Å². The normalized spacial score (nSPS) is 10.0. The fourth-order valence-electron chi connectivity index (χ4n) is 1.77. The van der Waals surface area contributed by atoms with Crippen LogP contribution in [-0.4, -0.2) is 40.9 Å². The summed E-state index contributed by atoms with van der Waals surface area (Å²) < 4.78 is 0. The first-order chi connectivity index (χ1) is 9.85.